The van der Waals surface area contributed by atoms with Gasteiger partial charge in [-0.3, -0.25) is 9.69 Å². The molecule has 2 aliphatic heterocycles. The number of urea groups is 1. The predicted octanol–water partition coefficient (Wildman–Crippen LogP) is 0.590. The van der Waals surface area contributed by atoms with Crippen molar-refractivity contribution in [2.75, 3.05) is 7.05 Å². The number of nitrogens with zero attached hydrogens (tertiary/aromatic N) is 4. The molecule has 7 heteroatoms. The summed E-state index contributed by atoms with van der Waals surface area (Å²) in [5, 5.41) is 8.14. The molecule has 1 aromatic carbocycles. The third-order valence-corrected chi connectivity index (χ3v) is 3.18. The van der Waals surface area contributed by atoms with E-state index < -0.39 is 6.17 Å². The highest BCUT2D eigenvalue weighted by atomic mass is 16.2. The van der Waals surface area contributed by atoms with E-state index in [0.29, 0.717) is 11.7 Å². The normalized spacial score (nSPS) is 21.1. The minimum Gasteiger partial charge on any atom is -0.309 e. The van der Waals surface area contributed by atoms with Crippen molar-refractivity contribution in [2.24, 2.45) is 10.1 Å². The van der Waals surface area contributed by atoms with Crippen molar-refractivity contribution in [3.05, 3.63) is 35.9 Å². The summed E-state index contributed by atoms with van der Waals surface area (Å²) in [7, 11) is 1.61. The van der Waals surface area contributed by atoms with Gasteiger partial charge >= 0.3 is 6.03 Å². The molecule has 1 atom stereocenters. The number of carbonyl (C=O) groups is 2. The molecule has 0 spiro atoms. The number of rotatable bonds is 1. The number of amides is 3. The summed E-state index contributed by atoms with van der Waals surface area (Å²) in [5.74, 6) is 0.626. The fraction of sp³-hybridized carbons (Fsp3) is 0.231. The lowest BCUT2D eigenvalue weighted by Gasteiger charge is -2.26. The fourth-order valence-electron chi connectivity index (χ4n) is 2.12. The molecule has 2 heterocycles. The van der Waals surface area contributed by atoms with Gasteiger partial charge in [0.05, 0.1) is 0 Å². The second-order valence-electron chi connectivity index (χ2n) is 4.53. The Morgan fingerprint density at radius 1 is 1.30 bits per heavy atom. The van der Waals surface area contributed by atoms with Crippen molar-refractivity contribution in [1.82, 2.24) is 15.2 Å². The van der Waals surface area contributed by atoms with Crippen molar-refractivity contribution in [2.45, 2.75) is 13.1 Å². The maximum atomic E-state index is 11.7. The van der Waals surface area contributed by atoms with E-state index in [1.54, 1.807) is 7.05 Å². The second kappa shape index (κ2) is 4.44. The molecule has 1 N–H and O–H groups in total. The summed E-state index contributed by atoms with van der Waals surface area (Å²) in [6.45, 7) is 1.40. The van der Waals surface area contributed by atoms with Gasteiger partial charge in [-0.1, -0.05) is 30.3 Å². The summed E-state index contributed by atoms with van der Waals surface area (Å²) in [4.78, 5) is 29.2. The molecule has 0 bridgehead atoms. The third-order valence-electron chi connectivity index (χ3n) is 3.18. The predicted molar refractivity (Wildman–Crippen MR) is 73.0 cm³/mol. The highest BCUT2D eigenvalue weighted by Gasteiger charge is 2.41. The van der Waals surface area contributed by atoms with Crippen LogP contribution in [0.25, 0.3) is 0 Å². The average molecular weight is 271 g/mol. The van der Waals surface area contributed by atoms with Crippen molar-refractivity contribution >= 4 is 23.6 Å². The summed E-state index contributed by atoms with van der Waals surface area (Å²) < 4.78 is 0. The van der Waals surface area contributed by atoms with Crippen LogP contribution in [-0.2, 0) is 4.79 Å². The van der Waals surface area contributed by atoms with Gasteiger partial charge in [0, 0.05) is 19.5 Å². The SMILES string of the molecule is CC(=O)N1N=C(c2ccccc2)N=C2C1NC(=O)N2C. The number of carbonyl (C=O) groups excluding carboxylic acids is 2. The zero-order valence-electron chi connectivity index (χ0n) is 11.1. The molecule has 1 fully saturated rings. The van der Waals surface area contributed by atoms with Gasteiger partial charge < -0.3 is 5.32 Å². The van der Waals surface area contributed by atoms with Crippen LogP contribution in [0.3, 0.4) is 0 Å². The molecule has 20 heavy (non-hydrogen) atoms. The molecule has 7 nitrogen and oxygen atoms in total. The Hall–Kier alpha value is -2.70. The van der Waals surface area contributed by atoms with Gasteiger partial charge in [-0.15, -0.1) is 5.10 Å². The number of amidine groups is 2. The molecule has 0 saturated carbocycles. The van der Waals surface area contributed by atoms with Crippen LogP contribution in [0.15, 0.2) is 40.4 Å². The average Bonchev–Trinajstić information content (AvgIpc) is 2.74. The van der Waals surface area contributed by atoms with Crippen molar-refractivity contribution < 1.29 is 9.59 Å². The number of hydrogen-bond acceptors (Lipinski definition) is 4. The van der Waals surface area contributed by atoms with E-state index in [0.717, 1.165) is 5.56 Å². The van der Waals surface area contributed by atoms with Crippen LogP contribution in [0, 0.1) is 0 Å². The van der Waals surface area contributed by atoms with Crippen LogP contribution in [0.1, 0.15) is 12.5 Å². The zero-order chi connectivity index (χ0) is 14.3. The highest BCUT2D eigenvalue weighted by molar-refractivity contribution is 6.16. The Balaban J connectivity index is 2.07. The number of likely N-dealkylation sites (N-methyl/N-ethyl adjacent to an activating group) is 1. The molecule has 3 rings (SSSR count). The summed E-state index contributed by atoms with van der Waals surface area (Å²) in [5.41, 5.74) is 0.789. The number of fused-ring (bicyclic) bond motifs is 1. The molecule has 1 unspecified atom stereocenters. The summed E-state index contributed by atoms with van der Waals surface area (Å²) >= 11 is 0. The minimum absolute atomic E-state index is 0.258. The number of nitrogens with one attached hydrogen (secondary N) is 1. The summed E-state index contributed by atoms with van der Waals surface area (Å²) in [6, 6.07) is 9.02. The van der Waals surface area contributed by atoms with E-state index in [4.69, 9.17) is 0 Å². The highest BCUT2D eigenvalue weighted by Crippen LogP contribution is 2.18. The van der Waals surface area contributed by atoms with Gasteiger partial charge in [-0.2, -0.15) is 0 Å². The number of benzene rings is 1. The van der Waals surface area contributed by atoms with Gasteiger partial charge in [0.15, 0.2) is 17.8 Å². The quantitative estimate of drug-likeness (QED) is 0.811. The van der Waals surface area contributed by atoms with Crippen LogP contribution in [0.5, 0.6) is 0 Å². The Labute approximate surface area is 115 Å². The van der Waals surface area contributed by atoms with Gasteiger partial charge in [-0.05, 0) is 0 Å². The number of hydrazone groups is 1. The number of hydrogen-bond donors (Lipinski definition) is 1. The molecule has 1 saturated heterocycles. The van der Waals surface area contributed by atoms with E-state index >= 15 is 0 Å². The van der Waals surface area contributed by atoms with Gasteiger partial charge in [0.2, 0.25) is 5.91 Å². The largest absolute Gasteiger partial charge is 0.324 e. The minimum atomic E-state index is -0.627. The van der Waals surface area contributed by atoms with Crippen molar-refractivity contribution in [3.8, 4) is 0 Å². The van der Waals surface area contributed by atoms with E-state index in [1.165, 1.54) is 16.8 Å². The van der Waals surface area contributed by atoms with Crippen LogP contribution in [-0.4, -0.2) is 46.7 Å². The third kappa shape index (κ3) is 1.83. The molecule has 0 aromatic heterocycles. The maximum absolute atomic E-state index is 11.7. The van der Waals surface area contributed by atoms with Gasteiger partial charge in [-0.25, -0.2) is 14.8 Å². The smallest absolute Gasteiger partial charge is 0.309 e. The topological polar surface area (TPSA) is 77.4 Å². The van der Waals surface area contributed by atoms with Crippen LogP contribution < -0.4 is 5.32 Å². The Kier molecular flexibility index (Phi) is 2.74. The maximum Gasteiger partial charge on any atom is 0.324 e. The van der Waals surface area contributed by atoms with E-state index in [-0.39, 0.29) is 11.9 Å². The lowest BCUT2D eigenvalue weighted by atomic mass is 10.2. The Morgan fingerprint density at radius 2 is 2.00 bits per heavy atom. The van der Waals surface area contributed by atoms with Gasteiger partial charge in [0.25, 0.3) is 0 Å². The lowest BCUT2D eigenvalue weighted by molar-refractivity contribution is -0.130. The van der Waals surface area contributed by atoms with E-state index in [1.807, 2.05) is 30.3 Å². The first-order valence-corrected chi connectivity index (χ1v) is 6.14. The number of aliphatic imine (C=N–C) groups is 1. The fourth-order valence-corrected chi connectivity index (χ4v) is 2.12. The van der Waals surface area contributed by atoms with Crippen LogP contribution in [0.4, 0.5) is 4.79 Å². The van der Waals surface area contributed by atoms with Gasteiger partial charge in [0.1, 0.15) is 0 Å². The van der Waals surface area contributed by atoms with Crippen molar-refractivity contribution in [1.29, 1.82) is 0 Å². The summed E-state index contributed by atoms with van der Waals surface area (Å²) in [6.07, 6.45) is -0.627. The van der Waals surface area contributed by atoms with Crippen molar-refractivity contribution in [3.63, 3.8) is 0 Å². The molecule has 2 aliphatic rings. The first-order valence-electron chi connectivity index (χ1n) is 6.14. The molecule has 3 amide bonds. The Bertz CT molecular complexity index is 637. The van der Waals surface area contributed by atoms with Crippen LogP contribution >= 0.6 is 0 Å². The molecular formula is C13H13N5O2. The monoisotopic (exact) mass is 271 g/mol. The molecular weight excluding hydrogens is 258 g/mol. The first kappa shape index (κ1) is 12.3. The molecule has 102 valence electrons. The standard InChI is InChI=1S/C13H13N5O2/c1-8(19)18-12-11(17(2)13(20)15-12)14-10(16-18)9-6-4-3-5-7-9/h3-7,12H,1-2H3,(H,15,20). The molecule has 0 radical (unpaired) electrons. The molecule has 0 aliphatic carbocycles. The zero-order valence-corrected chi connectivity index (χ0v) is 11.1. The lowest BCUT2D eigenvalue weighted by Crippen LogP contribution is -2.49. The second-order valence-corrected chi connectivity index (χ2v) is 4.53. The van der Waals surface area contributed by atoms with Crippen LogP contribution in [0.2, 0.25) is 0 Å². The van der Waals surface area contributed by atoms with E-state index in [9.17, 15) is 9.59 Å². The van der Waals surface area contributed by atoms with E-state index in [2.05, 4.69) is 15.4 Å². The first-order chi connectivity index (χ1) is 9.58. The Morgan fingerprint density at radius 3 is 2.65 bits per heavy atom. The molecule has 1 aromatic rings.